The van der Waals surface area contributed by atoms with Crippen LogP contribution in [-0.4, -0.2) is 33.2 Å². The maximum Gasteiger partial charge on any atom is 0.363 e. The van der Waals surface area contributed by atoms with Crippen molar-refractivity contribution in [1.29, 1.82) is 0 Å². The fraction of sp³-hybridized carbons (Fsp3) is 0.100. The summed E-state index contributed by atoms with van der Waals surface area (Å²) in [6.07, 6.45) is 0. The number of hydrogen-bond acceptors (Lipinski definition) is 7. The highest BCUT2D eigenvalue weighted by molar-refractivity contribution is 5.94. The van der Waals surface area contributed by atoms with Gasteiger partial charge in [0.05, 0.1) is 4.92 Å². The van der Waals surface area contributed by atoms with Crippen molar-refractivity contribution >= 4 is 23.3 Å². The summed E-state index contributed by atoms with van der Waals surface area (Å²) in [6.45, 7) is 0.771. The monoisotopic (exact) mass is 426 g/mol. The average Bonchev–Trinajstić information content (AvgIpc) is 2.74. The van der Waals surface area contributed by atoms with Gasteiger partial charge in [-0.1, -0.05) is 12.1 Å². The molecular weight excluding hydrogens is 411 g/mol. The Morgan fingerprint density at radius 1 is 1.19 bits per heavy atom. The number of rotatable bonds is 6. The van der Waals surface area contributed by atoms with Crippen LogP contribution in [0.1, 0.15) is 16.2 Å². The minimum absolute atomic E-state index is 0.0492. The Morgan fingerprint density at radius 3 is 2.55 bits per heavy atom. The van der Waals surface area contributed by atoms with Crippen LogP contribution in [0.4, 0.5) is 15.8 Å². The van der Waals surface area contributed by atoms with Gasteiger partial charge in [-0.05, 0) is 37.3 Å². The van der Waals surface area contributed by atoms with Crippen LogP contribution in [0.5, 0.6) is 0 Å². The average molecular weight is 426 g/mol. The lowest BCUT2D eigenvalue weighted by Gasteiger charge is -2.11. The van der Waals surface area contributed by atoms with Gasteiger partial charge in [0.25, 0.3) is 11.6 Å². The molecule has 0 aliphatic carbocycles. The Labute approximate surface area is 174 Å². The molecule has 2 aromatic carbocycles. The quantitative estimate of drug-likeness (QED) is 0.363. The number of nitrogens with one attached hydrogen (secondary N) is 1. The number of amides is 1. The second-order valence-corrected chi connectivity index (χ2v) is 6.29. The van der Waals surface area contributed by atoms with Gasteiger partial charge in [-0.15, -0.1) is 0 Å². The predicted octanol–water partition coefficient (Wildman–Crippen LogP) is 2.38. The summed E-state index contributed by atoms with van der Waals surface area (Å²) in [6, 6.07) is 11.7. The van der Waals surface area contributed by atoms with E-state index in [4.69, 9.17) is 4.74 Å². The smallest absolute Gasteiger partial charge is 0.363 e. The summed E-state index contributed by atoms with van der Waals surface area (Å²) in [5, 5.41) is 17.6. The van der Waals surface area contributed by atoms with Gasteiger partial charge in [0.2, 0.25) is 11.1 Å². The fourth-order valence-corrected chi connectivity index (χ4v) is 2.66. The lowest BCUT2D eigenvalue weighted by Crippen LogP contribution is -2.27. The zero-order valence-corrected chi connectivity index (χ0v) is 16.1. The number of ether oxygens (including phenoxy) is 1. The molecule has 0 spiro atoms. The first-order chi connectivity index (χ1) is 14.8. The number of halogens is 1. The van der Waals surface area contributed by atoms with Crippen molar-refractivity contribution in [2.45, 2.75) is 6.92 Å². The molecular formula is C20H15FN4O6. The van der Waals surface area contributed by atoms with Crippen molar-refractivity contribution in [3.8, 4) is 5.69 Å². The molecule has 1 N–H and O–H groups in total. The number of aryl methyl sites for hydroxylation is 1. The molecule has 31 heavy (non-hydrogen) atoms. The second-order valence-electron chi connectivity index (χ2n) is 6.29. The molecule has 0 aliphatic rings. The molecule has 3 aromatic rings. The maximum absolute atomic E-state index is 12.9. The van der Waals surface area contributed by atoms with Crippen molar-refractivity contribution in [3.05, 3.63) is 92.1 Å². The van der Waals surface area contributed by atoms with Crippen molar-refractivity contribution in [3.63, 3.8) is 0 Å². The third kappa shape index (κ3) is 4.96. The minimum atomic E-state index is -1.17. The van der Waals surface area contributed by atoms with E-state index in [0.717, 1.165) is 22.9 Å². The van der Waals surface area contributed by atoms with Gasteiger partial charge in [0.1, 0.15) is 11.5 Å². The van der Waals surface area contributed by atoms with Crippen LogP contribution >= 0.6 is 0 Å². The lowest BCUT2D eigenvalue weighted by atomic mass is 10.2. The van der Waals surface area contributed by atoms with Crippen molar-refractivity contribution in [2.24, 2.45) is 0 Å². The van der Waals surface area contributed by atoms with E-state index >= 15 is 0 Å². The third-order valence-electron chi connectivity index (χ3n) is 4.07. The number of aromatic nitrogens is 2. The van der Waals surface area contributed by atoms with E-state index in [2.05, 4.69) is 10.4 Å². The molecule has 0 fully saturated rings. The van der Waals surface area contributed by atoms with Crippen LogP contribution < -0.4 is 10.7 Å². The Hall–Kier alpha value is -4.41. The molecule has 0 saturated carbocycles. The van der Waals surface area contributed by atoms with Crippen molar-refractivity contribution in [2.75, 3.05) is 11.9 Å². The Kier molecular flexibility index (Phi) is 6.15. The summed E-state index contributed by atoms with van der Waals surface area (Å²) >= 11 is 0. The van der Waals surface area contributed by atoms with Gasteiger partial charge >= 0.3 is 5.97 Å². The van der Waals surface area contributed by atoms with E-state index in [1.165, 1.54) is 37.3 Å². The molecule has 0 unspecified atom stereocenters. The van der Waals surface area contributed by atoms with Crippen molar-refractivity contribution in [1.82, 2.24) is 9.78 Å². The van der Waals surface area contributed by atoms with Crippen LogP contribution in [0.3, 0.4) is 0 Å². The molecule has 0 bridgehead atoms. The van der Waals surface area contributed by atoms with Gasteiger partial charge in [-0.3, -0.25) is 19.7 Å². The zero-order chi connectivity index (χ0) is 22.5. The number of carbonyl (C=O) groups excluding carboxylic acids is 2. The number of carbonyl (C=O) groups is 2. The molecule has 0 atom stereocenters. The third-order valence-corrected chi connectivity index (χ3v) is 4.07. The van der Waals surface area contributed by atoms with E-state index in [1.807, 2.05) is 0 Å². The molecule has 158 valence electrons. The molecule has 1 aromatic heterocycles. The Bertz CT molecular complexity index is 1220. The first kappa shape index (κ1) is 21.3. The summed E-state index contributed by atoms with van der Waals surface area (Å²) in [5.74, 6) is -2.37. The summed E-state index contributed by atoms with van der Waals surface area (Å²) in [5.41, 5.74) is -1.10. The number of benzene rings is 2. The van der Waals surface area contributed by atoms with Crippen LogP contribution in [0, 0.1) is 22.9 Å². The number of nitrogens with zero attached hydrogens (tertiary/aromatic N) is 3. The number of nitro benzene ring substituents is 1. The molecule has 0 radical (unpaired) electrons. The molecule has 3 rings (SSSR count). The highest BCUT2D eigenvalue weighted by Crippen LogP contribution is 2.22. The highest BCUT2D eigenvalue weighted by Gasteiger charge is 2.21. The van der Waals surface area contributed by atoms with E-state index in [-0.39, 0.29) is 22.8 Å². The summed E-state index contributed by atoms with van der Waals surface area (Å²) in [7, 11) is 0. The van der Waals surface area contributed by atoms with Crippen LogP contribution in [0.15, 0.2) is 59.4 Å². The highest BCUT2D eigenvalue weighted by atomic mass is 19.1. The molecule has 0 saturated heterocycles. The number of esters is 1. The second kappa shape index (κ2) is 8.95. The van der Waals surface area contributed by atoms with E-state index in [9.17, 15) is 28.9 Å². The molecule has 0 aliphatic heterocycles. The van der Waals surface area contributed by atoms with Crippen LogP contribution in [-0.2, 0) is 9.53 Å². The zero-order valence-electron chi connectivity index (χ0n) is 16.1. The normalized spacial score (nSPS) is 10.4. The van der Waals surface area contributed by atoms with Gasteiger partial charge in [-0.2, -0.15) is 5.10 Å². The minimum Gasteiger partial charge on any atom is -0.451 e. The fourth-order valence-electron chi connectivity index (χ4n) is 2.66. The Morgan fingerprint density at radius 2 is 1.87 bits per heavy atom. The molecule has 11 heteroatoms. The standard InChI is InChI=1S/C20H15FN4O6/c1-12-10-17(26)19(23-24(12)15-4-2-3-5-16(15)25(29)30)20(28)31-11-18(27)22-14-8-6-13(21)7-9-14/h2-10H,11H2,1H3,(H,22,27). The SMILES string of the molecule is Cc1cc(=O)c(C(=O)OCC(=O)Nc2ccc(F)cc2)nn1-c1ccccc1[N+](=O)[O-]. The molecule has 10 nitrogen and oxygen atoms in total. The van der Waals surface area contributed by atoms with Crippen LogP contribution in [0.25, 0.3) is 5.69 Å². The van der Waals surface area contributed by atoms with E-state index < -0.39 is 40.3 Å². The van der Waals surface area contributed by atoms with Gasteiger partial charge in [0.15, 0.2) is 6.61 Å². The van der Waals surface area contributed by atoms with Crippen molar-refractivity contribution < 1.29 is 23.6 Å². The van der Waals surface area contributed by atoms with Crippen LogP contribution in [0.2, 0.25) is 0 Å². The molecule has 1 heterocycles. The largest absolute Gasteiger partial charge is 0.451 e. The van der Waals surface area contributed by atoms with E-state index in [0.29, 0.717) is 0 Å². The number of para-hydroxylation sites is 2. The van der Waals surface area contributed by atoms with Gasteiger partial charge in [-0.25, -0.2) is 13.9 Å². The summed E-state index contributed by atoms with van der Waals surface area (Å²) in [4.78, 5) is 47.1. The Balaban J connectivity index is 1.80. The molecule has 1 amide bonds. The predicted molar refractivity (Wildman–Crippen MR) is 107 cm³/mol. The maximum atomic E-state index is 12.9. The number of hydrogen-bond donors (Lipinski definition) is 1. The van der Waals surface area contributed by atoms with E-state index in [1.54, 1.807) is 6.07 Å². The van der Waals surface area contributed by atoms with Gasteiger partial charge < -0.3 is 10.1 Å². The van der Waals surface area contributed by atoms with Gasteiger partial charge in [0, 0.05) is 23.5 Å². The lowest BCUT2D eigenvalue weighted by molar-refractivity contribution is -0.384. The number of anilines is 1. The summed E-state index contributed by atoms with van der Waals surface area (Å²) < 4.78 is 18.8. The first-order valence-corrected chi connectivity index (χ1v) is 8.83. The first-order valence-electron chi connectivity index (χ1n) is 8.83. The number of nitro groups is 1. The topological polar surface area (TPSA) is 133 Å².